The molecule has 0 aromatic rings. The second kappa shape index (κ2) is 18.5. The van der Waals surface area contributed by atoms with Crippen LogP contribution < -0.4 is 0 Å². The minimum Gasteiger partial charge on any atom is -0.435 e. The molecule has 0 aromatic heterocycles. The third kappa shape index (κ3) is 25.7. The first kappa shape index (κ1) is 23.7. The molecule has 0 bridgehead atoms. The molecule has 0 amide bonds. The van der Waals surface area contributed by atoms with Crippen molar-refractivity contribution >= 4 is 11.9 Å². The van der Waals surface area contributed by atoms with E-state index in [2.05, 4.69) is 29.6 Å². The van der Waals surface area contributed by atoms with Crippen LogP contribution >= 0.6 is 0 Å². The normalized spacial score (nSPS) is 9.35. The molecule has 23 heavy (non-hydrogen) atoms. The molecule has 0 rings (SSSR count). The van der Waals surface area contributed by atoms with Crippen molar-refractivity contribution in [1.82, 2.24) is 0 Å². The van der Waals surface area contributed by atoms with Crippen LogP contribution in [-0.2, 0) is 19.1 Å². The van der Waals surface area contributed by atoms with E-state index in [0.29, 0.717) is 12.2 Å². The summed E-state index contributed by atoms with van der Waals surface area (Å²) in [5.74, 6) is -0.0297. The van der Waals surface area contributed by atoms with Gasteiger partial charge in [-0.3, -0.25) is 9.59 Å². The van der Waals surface area contributed by atoms with Gasteiger partial charge in [0.05, 0.1) is 12.0 Å². The fourth-order valence-electron chi connectivity index (χ4n) is 1.98. The van der Waals surface area contributed by atoms with E-state index in [4.69, 9.17) is 0 Å². The Balaban J connectivity index is 0. The Labute approximate surface area is 141 Å². The van der Waals surface area contributed by atoms with Gasteiger partial charge in [-0.25, -0.2) is 0 Å². The molecule has 0 saturated heterocycles. The number of ether oxygens (including phenoxy) is 2. The number of rotatable bonds is 12. The molecule has 0 aliphatic carbocycles. The van der Waals surface area contributed by atoms with Gasteiger partial charge in [0.15, 0.2) is 0 Å². The molecule has 4 nitrogen and oxygen atoms in total. The zero-order chi connectivity index (χ0) is 17.9. The van der Waals surface area contributed by atoms with Crippen molar-refractivity contribution in [2.45, 2.75) is 85.0 Å². The average molecular weight is 326 g/mol. The maximum atomic E-state index is 11.0. The first-order chi connectivity index (χ1) is 10.9. The Morgan fingerprint density at radius 3 is 1.74 bits per heavy atom. The van der Waals surface area contributed by atoms with E-state index in [1.54, 1.807) is 6.92 Å². The van der Waals surface area contributed by atoms with Crippen LogP contribution in [0.15, 0.2) is 25.2 Å². The Morgan fingerprint density at radius 2 is 1.39 bits per heavy atom. The van der Waals surface area contributed by atoms with Gasteiger partial charge in [0.25, 0.3) is 0 Å². The number of allylic oxidation sites excluding steroid dienone is 1. The standard InChI is InChI=1S/C14H26O2.C5H8O2/c1-3-5-6-7-8-9-10-11-12-13-14(15)16-4-2;1-4(2)7-5(3)6/h4H,2-3,5-13H2,1H3;1H2,2-3H3. The molecule has 0 aliphatic heterocycles. The van der Waals surface area contributed by atoms with Crippen molar-refractivity contribution in [2.75, 3.05) is 0 Å². The first-order valence-corrected chi connectivity index (χ1v) is 8.58. The molecule has 0 spiro atoms. The molecule has 0 unspecified atom stereocenters. The van der Waals surface area contributed by atoms with E-state index in [9.17, 15) is 9.59 Å². The van der Waals surface area contributed by atoms with Gasteiger partial charge in [-0.15, -0.1) is 0 Å². The van der Waals surface area contributed by atoms with Gasteiger partial charge < -0.3 is 9.47 Å². The van der Waals surface area contributed by atoms with Crippen LogP contribution in [0.3, 0.4) is 0 Å². The highest BCUT2D eigenvalue weighted by molar-refractivity contribution is 5.69. The van der Waals surface area contributed by atoms with Crippen molar-refractivity contribution in [1.29, 1.82) is 0 Å². The lowest BCUT2D eigenvalue weighted by Crippen LogP contribution is -1.98. The van der Waals surface area contributed by atoms with Crippen LogP contribution in [0, 0.1) is 0 Å². The maximum absolute atomic E-state index is 11.0. The van der Waals surface area contributed by atoms with Gasteiger partial charge in [-0.05, 0) is 13.3 Å². The predicted octanol–water partition coefficient (Wildman–Crippen LogP) is 5.68. The third-order valence-electron chi connectivity index (χ3n) is 3.02. The van der Waals surface area contributed by atoms with Crippen LogP contribution in [0.4, 0.5) is 0 Å². The highest BCUT2D eigenvalue weighted by Gasteiger charge is 1.99. The summed E-state index contributed by atoms with van der Waals surface area (Å²) in [6, 6.07) is 0. The van der Waals surface area contributed by atoms with E-state index < -0.39 is 0 Å². The summed E-state index contributed by atoms with van der Waals surface area (Å²) in [7, 11) is 0. The second-order valence-corrected chi connectivity index (χ2v) is 5.53. The fraction of sp³-hybridized carbons (Fsp3) is 0.684. The van der Waals surface area contributed by atoms with Crippen molar-refractivity contribution in [2.24, 2.45) is 0 Å². The van der Waals surface area contributed by atoms with Gasteiger partial charge in [0, 0.05) is 13.3 Å². The smallest absolute Gasteiger partial charge is 0.310 e. The van der Waals surface area contributed by atoms with E-state index in [-0.39, 0.29) is 11.9 Å². The summed E-state index contributed by atoms with van der Waals surface area (Å²) < 4.78 is 9.06. The molecule has 0 atom stereocenters. The molecule has 0 fully saturated rings. The number of unbranched alkanes of at least 4 members (excludes halogenated alkanes) is 8. The Bertz CT molecular complexity index is 322. The van der Waals surface area contributed by atoms with Crippen LogP contribution in [0.2, 0.25) is 0 Å². The molecule has 134 valence electrons. The lowest BCUT2D eigenvalue weighted by atomic mass is 10.1. The molecule has 0 N–H and O–H groups in total. The summed E-state index contributed by atoms with van der Waals surface area (Å²) in [4.78, 5) is 20.9. The summed E-state index contributed by atoms with van der Waals surface area (Å²) in [6.07, 6.45) is 13.1. The van der Waals surface area contributed by atoms with Crippen LogP contribution in [-0.4, -0.2) is 11.9 Å². The van der Waals surface area contributed by atoms with Gasteiger partial charge >= 0.3 is 11.9 Å². The van der Waals surface area contributed by atoms with E-state index in [0.717, 1.165) is 12.8 Å². The molecule has 0 radical (unpaired) electrons. The second-order valence-electron chi connectivity index (χ2n) is 5.53. The van der Waals surface area contributed by atoms with Gasteiger partial charge in [0.2, 0.25) is 0 Å². The van der Waals surface area contributed by atoms with Crippen molar-refractivity contribution < 1.29 is 19.1 Å². The largest absolute Gasteiger partial charge is 0.435 e. The van der Waals surface area contributed by atoms with Gasteiger partial charge in [-0.1, -0.05) is 71.4 Å². The lowest BCUT2D eigenvalue weighted by Gasteiger charge is -2.01. The highest BCUT2D eigenvalue weighted by Crippen LogP contribution is 2.10. The number of esters is 2. The molecular formula is C19H34O4. The van der Waals surface area contributed by atoms with Crippen LogP contribution in [0.25, 0.3) is 0 Å². The topological polar surface area (TPSA) is 52.6 Å². The van der Waals surface area contributed by atoms with Crippen molar-refractivity contribution in [3.63, 3.8) is 0 Å². The van der Waals surface area contributed by atoms with Crippen LogP contribution in [0.1, 0.15) is 85.0 Å². The summed E-state index contributed by atoms with van der Waals surface area (Å²) in [5.41, 5.74) is 0. The molecule has 0 saturated carbocycles. The van der Waals surface area contributed by atoms with Gasteiger partial charge in [0.1, 0.15) is 0 Å². The Kier molecular flexibility index (Phi) is 19.0. The Hall–Kier alpha value is -1.58. The van der Waals surface area contributed by atoms with Gasteiger partial charge in [-0.2, -0.15) is 0 Å². The van der Waals surface area contributed by atoms with E-state index in [1.165, 1.54) is 58.1 Å². The maximum Gasteiger partial charge on any atom is 0.310 e. The lowest BCUT2D eigenvalue weighted by molar-refractivity contribution is -0.138. The molecule has 4 heteroatoms. The molecular weight excluding hydrogens is 292 g/mol. The quantitative estimate of drug-likeness (QED) is 0.263. The highest BCUT2D eigenvalue weighted by atomic mass is 16.5. The summed E-state index contributed by atoms with van der Waals surface area (Å²) >= 11 is 0. The zero-order valence-electron chi connectivity index (χ0n) is 15.2. The SMILES string of the molecule is C=C(C)OC(C)=O.C=COC(=O)CCCCCCCCCCC. The minimum absolute atomic E-state index is 0.155. The number of hydrogen-bond donors (Lipinski definition) is 0. The monoisotopic (exact) mass is 326 g/mol. The minimum atomic E-state index is -0.312. The third-order valence-corrected chi connectivity index (χ3v) is 3.02. The Morgan fingerprint density at radius 1 is 0.913 bits per heavy atom. The first-order valence-electron chi connectivity index (χ1n) is 8.58. The van der Waals surface area contributed by atoms with E-state index >= 15 is 0 Å². The molecule has 0 aliphatic rings. The fourth-order valence-corrected chi connectivity index (χ4v) is 1.98. The predicted molar refractivity (Wildman–Crippen MR) is 94.7 cm³/mol. The van der Waals surface area contributed by atoms with Crippen molar-refractivity contribution in [3.8, 4) is 0 Å². The van der Waals surface area contributed by atoms with Crippen molar-refractivity contribution in [3.05, 3.63) is 25.2 Å². The molecule has 0 heterocycles. The number of carbonyl (C=O) groups is 2. The van der Waals surface area contributed by atoms with E-state index in [1.807, 2.05) is 0 Å². The molecule has 0 aromatic carbocycles. The summed E-state index contributed by atoms with van der Waals surface area (Å²) in [5, 5.41) is 0. The number of hydrogen-bond acceptors (Lipinski definition) is 4. The zero-order valence-corrected chi connectivity index (χ0v) is 15.2. The average Bonchev–Trinajstić information content (AvgIpc) is 2.45. The summed E-state index contributed by atoms with van der Waals surface area (Å²) in [6.45, 7) is 11.9. The number of carbonyl (C=O) groups excluding carboxylic acids is 2. The van der Waals surface area contributed by atoms with Crippen LogP contribution in [0.5, 0.6) is 0 Å².